The Morgan fingerprint density at radius 1 is 1.08 bits per heavy atom. The van der Waals surface area contributed by atoms with Gasteiger partial charge < -0.3 is 4.52 Å². The summed E-state index contributed by atoms with van der Waals surface area (Å²) in [5, 5.41) is 15.9. The average molecular weight is 502 g/mol. The summed E-state index contributed by atoms with van der Waals surface area (Å²) in [5.41, 5.74) is 6.44. The van der Waals surface area contributed by atoms with Gasteiger partial charge in [0.1, 0.15) is 0 Å². The van der Waals surface area contributed by atoms with Crippen molar-refractivity contribution >= 4 is 16.7 Å². The van der Waals surface area contributed by atoms with Crippen LogP contribution in [-0.2, 0) is 7.05 Å². The van der Waals surface area contributed by atoms with Crippen molar-refractivity contribution in [3.05, 3.63) is 89.5 Å². The molecule has 1 unspecified atom stereocenters. The van der Waals surface area contributed by atoms with E-state index in [-0.39, 0.29) is 13.2 Å². The molecule has 0 saturated heterocycles. The minimum absolute atomic E-state index is 0. The molecule has 7 heteroatoms. The van der Waals surface area contributed by atoms with Crippen LogP contribution in [0.3, 0.4) is 0 Å². The van der Waals surface area contributed by atoms with E-state index in [9.17, 15) is 4.79 Å². The maximum absolute atomic E-state index is 11.0. The van der Waals surface area contributed by atoms with E-state index in [4.69, 9.17) is 4.52 Å². The van der Waals surface area contributed by atoms with Gasteiger partial charge in [0.25, 0.3) is 0 Å². The molecule has 0 aliphatic carbocycles. The summed E-state index contributed by atoms with van der Waals surface area (Å²) in [6.07, 6.45) is 6.92. The van der Waals surface area contributed by atoms with Gasteiger partial charge in [-0.25, -0.2) is 0 Å². The predicted octanol–water partition coefficient (Wildman–Crippen LogP) is 7.68. The molecule has 7 nitrogen and oxygen atoms in total. The van der Waals surface area contributed by atoms with Crippen LogP contribution < -0.4 is 0 Å². The smallest absolute Gasteiger partial charge is 0.167 e. The average Bonchev–Trinajstić information content (AvgIpc) is 3.64. The second-order valence-corrected chi connectivity index (χ2v) is 8.91. The first-order chi connectivity index (χ1) is 17.3. The standard InChI is InChI=1S/C11H14N2.C11H11NO.C7H10N2O.CH4/c1-3-8(2)9-4-5-11-10(6-9)7-12-13-11;1-8-4-3-5-10(6-8)11-7-9(2)12-13-11;1-3-7(10)6-4-8-9(2)5-6;/h4-8H,3H2,1-2H3,(H,12,13);3-7H,1-2H3;4-5H,3H2,1-2H3;1H4. The molecule has 0 amide bonds. The molecule has 0 spiro atoms. The summed E-state index contributed by atoms with van der Waals surface area (Å²) in [5.74, 6) is 1.62. The van der Waals surface area contributed by atoms with Crippen molar-refractivity contribution in [3.63, 3.8) is 0 Å². The fourth-order valence-electron chi connectivity index (χ4n) is 3.57. The Morgan fingerprint density at radius 3 is 2.46 bits per heavy atom. The molecule has 0 saturated carbocycles. The van der Waals surface area contributed by atoms with Gasteiger partial charge in [-0.2, -0.15) is 10.2 Å². The number of Topliss-reactive ketones (excluding diaryl/α,β-unsaturated/α-hetero) is 1. The number of ketones is 1. The first kappa shape index (κ1) is 29.2. The Morgan fingerprint density at radius 2 is 1.86 bits per heavy atom. The number of nitrogens with one attached hydrogen (secondary N) is 1. The number of aromatic nitrogens is 5. The van der Waals surface area contributed by atoms with E-state index in [0.29, 0.717) is 17.9 Å². The van der Waals surface area contributed by atoms with Gasteiger partial charge in [0.2, 0.25) is 0 Å². The van der Waals surface area contributed by atoms with Crippen molar-refractivity contribution in [1.82, 2.24) is 25.1 Å². The summed E-state index contributed by atoms with van der Waals surface area (Å²) >= 11 is 0. The number of H-pyrrole nitrogens is 1. The monoisotopic (exact) mass is 501 g/mol. The summed E-state index contributed by atoms with van der Waals surface area (Å²) in [7, 11) is 1.80. The molecule has 1 N–H and O–H groups in total. The van der Waals surface area contributed by atoms with Crippen molar-refractivity contribution in [2.24, 2.45) is 7.05 Å². The van der Waals surface area contributed by atoms with Gasteiger partial charge in [-0.1, -0.05) is 63.2 Å². The molecule has 2 aromatic carbocycles. The minimum atomic E-state index is 0. The molecule has 0 aliphatic heterocycles. The Kier molecular flexibility index (Phi) is 11.0. The third-order valence-corrected chi connectivity index (χ3v) is 5.92. The predicted molar refractivity (Wildman–Crippen MR) is 151 cm³/mol. The molecule has 3 heterocycles. The normalized spacial score (nSPS) is 11.0. The number of aromatic amines is 1. The third kappa shape index (κ3) is 8.27. The lowest BCUT2D eigenvalue weighted by Crippen LogP contribution is -1.93. The minimum Gasteiger partial charge on any atom is -0.356 e. The van der Waals surface area contributed by atoms with Crippen LogP contribution >= 0.6 is 0 Å². The van der Waals surface area contributed by atoms with Gasteiger partial charge in [-0.05, 0) is 49.9 Å². The van der Waals surface area contributed by atoms with E-state index < -0.39 is 0 Å². The number of aryl methyl sites for hydroxylation is 3. The van der Waals surface area contributed by atoms with Gasteiger partial charge in [0, 0.05) is 36.7 Å². The first-order valence-corrected chi connectivity index (χ1v) is 12.3. The van der Waals surface area contributed by atoms with Crippen LogP contribution in [0.15, 0.2) is 71.6 Å². The van der Waals surface area contributed by atoms with Crippen LogP contribution in [-0.4, -0.2) is 30.9 Å². The molecule has 0 fully saturated rings. The highest BCUT2D eigenvalue weighted by molar-refractivity contribution is 5.95. The van der Waals surface area contributed by atoms with Crippen molar-refractivity contribution in [2.45, 2.75) is 60.8 Å². The van der Waals surface area contributed by atoms with Crippen LogP contribution in [0.1, 0.15) is 74.1 Å². The van der Waals surface area contributed by atoms with Gasteiger partial charge in [0.15, 0.2) is 11.5 Å². The molecule has 0 aliphatic rings. The lowest BCUT2D eigenvalue weighted by Gasteiger charge is -2.07. The van der Waals surface area contributed by atoms with Crippen LogP contribution in [0, 0.1) is 13.8 Å². The number of carbonyl (C=O) groups is 1. The number of hydrogen-bond acceptors (Lipinski definition) is 5. The molecular weight excluding hydrogens is 462 g/mol. The Hall–Kier alpha value is -4.00. The number of carbonyl (C=O) groups excluding carboxylic acids is 1. The maximum Gasteiger partial charge on any atom is 0.167 e. The van der Waals surface area contributed by atoms with Gasteiger partial charge in [-0.3, -0.25) is 14.6 Å². The number of nitrogens with zero attached hydrogens (tertiary/aromatic N) is 4. The molecule has 196 valence electrons. The molecule has 3 aromatic heterocycles. The third-order valence-electron chi connectivity index (χ3n) is 5.92. The van der Waals surface area contributed by atoms with E-state index in [1.165, 1.54) is 22.9 Å². The number of rotatable bonds is 5. The van der Waals surface area contributed by atoms with E-state index in [2.05, 4.69) is 71.6 Å². The quantitative estimate of drug-likeness (QED) is 0.249. The van der Waals surface area contributed by atoms with Crippen molar-refractivity contribution in [1.29, 1.82) is 0 Å². The summed E-state index contributed by atoms with van der Waals surface area (Å²) in [4.78, 5) is 11.0. The Bertz CT molecular complexity index is 1400. The zero-order valence-electron chi connectivity index (χ0n) is 21.9. The van der Waals surface area contributed by atoms with Crippen LogP contribution in [0.2, 0.25) is 0 Å². The van der Waals surface area contributed by atoms with Gasteiger partial charge in [0.05, 0.1) is 29.2 Å². The highest BCUT2D eigenvalue weighted by Gasteiger charge is 2.05. The van der Waals surface area contributed by atoms with Crippen molar-refractivity contribution in [3.8, 4) is 11.3 Å². The lowest BCUT2D eigenvalue weighted by molar-refractivity contribution is 0.0988. The van der Waals surface area contributed by atoms with Gasteiger partial charge >= 0.3 is 0 Å². The van der Waals surface area contributed by atoms with Crippen LogP contribution in [0.25, 0.3) is 22.2 Å². The van der Waals surface area contributed by atoms with Crippen molar-refractivity contribution < 1.29 is 9.32 Å². The molecule has 1 atom stereocenters. The molecule has 0 bridgehead atoms. The second kappa shape index (κ2) is 13.9. The lowest BCUT2D eigenvalue weighted by atomic mass is 9.98. The van der Waals surface area contributed by atoms with Crippen molar-refractivity contribution in [2.75, 3.05) is 0 Å². The SMILES string of the molecule is C.CCC(=O)c1cnn(C)c1.CCC(C)c1ccc2[nH]ncc2c1.Cc1cccc(-c2cc(C)no2)c1. The first-order valence-electron chi connectivity index (χ1n) is 12.3. The topological polar surface area (TPSA) is 89.6 Å². The fourth-order valence-corrected chi connectivity index (χ4v) is 3.57. The van der Waals surface area contributed by atoms with E-state index in [1.54, 1.807) is 24.1 Å². The highest BCUT2D eigenvalue weighted by Crippen LogP contribution is 2.22. The summed E-state index contributed by atoms with van der Waals surface area (Å²) < 4.78 is 6.78. The largest absolute Gasteiger partial charge is 0.356 e. The zero-order valence-corrected chi connectivity index (χ0v) is 21.9. The molecule has 37 heavy (non-hydrogen) atoms. The van der Waals surface area contributed by atoms with Crippen LogP contribution in [0.5, 0.6) is 0 Å². The Balaban J connectivity index is 0.000000195. The maximum atomic E-state index is 11.0. The van der Waals surface area contributed by atoms with E-state index >= 15 is 0 Å². The van der Waals surface area contributed by atoms with E-state index in [1.807, 2.05) is 38.2 Å². The van der Waals surface area contributed by atoms with E-state index in [0.717, 1.165) is 22.5 Å². The summed E-state index contributed by atoms with van der Waals surface area (Å²) in [6.45, 7) is 10.3. The molecular formula is C30H39N5O2. The Labute approximate surface area is 219 Å². The van der Waals surface area contributed by atoms with Gasteiger partial charge in [-0.15, -0.1) is 0 Å². The van der Waals surface area contributed by atoms with Crippen LogP contribution in [0.4, 0.5) is 0 Å². The number of benzene rings is 2. The molecule has 5 aromatic rings. The summed E-state index contributed by atoms with van der Waals surface area (Å²) in [6, 6.07) is 16.6. The highest BCUT2D eigenvalue weighted by atomic mass is 16.5. The zero-order chi connectivity index (χ0) is 26.1. The molecule has 0 radical (unpaired) electrons. The number of hydrogen-bond donors (Lipinski definition) is 1. The number of fused-ring (bicyclic) bond motifs is 1. The second-order valence-electron chi connectivity index (χ2n) is 8.91. The molecule has 5 rings (SSSR count). The fraction of sp³-hybridized carbons (Fsp3) is 0.333.